The summed E-state index contributed by atoms with van der Waals surface area (Å²) in [5.41, 5.74) is 0.284. The van der Waals surface area contributed by atoms with Crippen molar-refractivity contribution >= 4 is 11.9 Å². The fraction of sp³-hybridized carbons (Fsp3) is 0.500. The van der Waals surface area contributed by atoms with Crippen molar-refractivity contribution in [3.8, 4) is 0 Å². The van der Waals surface area contributed by atoms with E-state index in [2.05, 4.69) is 24.4 Å². The smallest absolute Gasteiger partial charge is 0.310 e. The van der Waals surface area contributed by atoms with E-state index in [0.717, 1.165) is 6.42 Å². The first-order chi connectivity index (χ1) is 9.33. The number of carbonyl (C=O) groups is 2. The molecule has 0 bridgehead atoms. The molecule has 0 spiro atoms. The molecule has 1 unspecified atom stereocenters. The molecule has 0 aliphatic rings. The number of nitrogens with one attached hydrogen (secondary N) is 1. The summed E-state index contributed by atoms with van der Waals surface area (Å²) in [5.74, 6) is -0.688. The Morgan fingerprint density at radius 1 is 1.25 bits per heavy atom. The van der Waals surface area contributed by atoms with Gasteiger partial charge in [-0.25, -0.2) is 0 Å². The van der Waals surface area contributed by atoms with Crippen LogP contribution in [0.3, 0.4) is 0 Å². The van der Waals surface area contributed by atoms with E-state index in [1.165, 1.54) is 5.56 Å². The van der Waals surface area contributed by atoms with Gasteiger partial charge < -0.3 is 10.4 Å². The quantitative estimate of drug-likeness (QED) is 0.805. The molecule has 4 heteroatoms. The zero-order valence-electron chi connectivity index (χ0n) is 12.3. The van der Waals surface area contributed by atoms with E-state index < -0.39 is 11.4 Å². The summed E-state index contributed by atoms with van der Waals surface area (Å²) in [6.07, 6.45) is 1.16. The summed E-state index contributed by atoms with van der Waals surface area (Å²) in [6, 6.07) is 10.0. The lowest BCUT2D eigenvalue weighted by molar-refractivity contribution is -0.146. The number of aliphatic carboxylic acids is 1. The van der Waals surface area contributed by atoms with Crippen LogP contribution < -0.4 is 5.32 Å². The lowest BCUT2D eigenvalue weighted by Crippen LogP contribution is -2.38. The van der Waals surface area contributed by atoms with E-state index in [4.69, 9.17) is 5.11 Å². The lowest BCUT2D eigenvalue weighted by Gasteiger charge is -2.19. The minimum Gasteiger partial charge on any atom is -0.481 e. The average Bonchev–Trinajstić information content (AvgIpc) is 2.43. The third kappa shape index (κ3) is 5.03. The molecule has 1 atom stereocenters. The maximum absolute atomic E-state index is 11.7. The molecule has 0 saturated heterocycles. The molecule has 1 amide bonds. The minimum absolute atomic E-state index is 0.0953. The Labute approximate surface area is 120 Å². The van der Waals surface area contributed by atoms with Gasteiger partial charge in [0.1, 0.15) is 0 Å². The second-order valence-electron chi connectivity index (χ2n) is 5.82. The van der Waals surface area contributed by atoms with Crippen LogP contribution in [0.15, 0.2) is 30.3 Å². The highest BCUT2D eigenvalue weighted by Crippen LogP contribution is 2.20. The number of benzene rings is 1. The number of rotatable bonds is 7. The summed E-state index contributed by atoms with van der Waals surface area (Å²) < 4.78 is 0. The Morgan fingerprint density at radius 3 is 2.40 bits per heavy atom. The second kappa shape index (κ2) is 7.08. The highest BCUT2D eigenvalue weighted by atomic mass is 16.4. The Morgan fingerprint density at radius 2 is 1.85 bits per heavy atom. The largest absolute Gasteiger partial charge is 0.481 e. The molecule has 1 aromatic carbocycles. The second-order valence-corrected chi connectivity index (χ2v) is 5.82. The molecular formula is C16H23NO3. The summed E-state index contributed by atoms with van der Waals surface area (Å²) in [4.78, 5) is 22.7. The van der Waals surface area contributed by atoms with Crippen LogP contribution >= 0.6 is 0 Å². The van der Waals surface area contributed by atoms with Crippen LogP contribution in [0.2, 0.25) is 0 Å². The maximum Gasteiger partial charge on any atom is 0.310 e. The van der Waals surface area contributed by atoms with Gasteiger partial charge >= 0.3 is 5.97 Å². The Bertz CT molecular complexity index is 454. The maximum atomic E-state index is 11.7. The third-order valence-corrected chi connectivity index (χ3v) is 3.48. The first-order valence-electron chi connectivity index (χ1n) is 6.88. The van der Waals surface area contributed by atoms with Crippen molar-refractivity contribution in [1.29, 1.82) is 0 Å². The van der Waals surface area contributed by atoms with Crippen molar-refractivity contribution in [3.05, 3.63) is 35.9 Å². The Kier molecular flexibility index (Phi) is 5.74. The van der Waals surface area contributed by atoms with Gasteiger partial charge in [-0.1, -0.05) is 37.3 Å². The highest BCUT2D eigenvalue weighted by Gasteiger charge is 2.27. The number of amides is 1. The molecule has 20 heavy (non-hydrogen) atoms. The average molecular weight is 277 g/mol. The van der Waals surface area contributed by atoms with E-state index in [9.17, 15) is 9.59 Å². The monoisotopic (exact) mass is 277 g/mol. The topological polar surface area (TPSA) is 66.4 Å². The van der Waals surface area contributed by atoms with Gasteiger partial charge in [0.15, 0.2) is 0 Å². The van der Waals surface area contributed by atoms with Gasteiger partial charge in [0, 0.05) is 13.0 Å². The molecule has 2 N–H and O–H groups in total. The summed E-state index contributed by atoms with van der Waals surface area (Å²) in [6.45, 7) is 5.44. The van der Waals surface area contributed by atoms with E-state index in [-0.39, 0.29) is 12.5 Å². The van der Waals surface area contributed by atoms with E-state index in [0.29, 0.717) is 12.3 Å². The highest BCUT2D eigenvalue weighted by molar-refractivity contribution is 5.78. The summed E-state index contributed by atoms with van der Waals surface area (Å²) >= 11 is 0. The molecule has 110 valence electrons. The predicted octanol–water partition coefficient (Wildman–Crippen LogP) is 2.80. The summed E-state index contributed by atoms with van der Waals surface area (Å²) in [5, 5.41) is 11.7. The first kappa shape index (κ1) is 16.2. The molecular weight excluding hydrogens is 254 g/mol. The molecule has 0 radical (unpaired) electrons. The van der Waals surface area contributed by atoms with Crippen LogP contribution in [-0.2, 0) is 9.59 Å². The molecule has 0 aromatic heterocycles. The van der Waals surface area contributed by atoms with Crippen LogP contribution in [-0.4, -0.2) is 23.5 Å². The third-order valence-electron chi connectivity index (χ3n) is 3.48. The van der Waals surface area contributed by atoms with E-state index >= 15 is 0 Å². The van der Waals surface area contributed by atoms with Crippen molar-refractivity contribution < 1.29 is 14.7 Å². The molecule has 0 saturated carbocycles. The zero-order valence-corrected chi connectivity index (χ0v) is 12.3. The molecule has 0 aliphatic carbocycles. The van der Waals surface area contributed by atoms with E-state index in [1.807, 2.05) is 18.2 Å². The Hall–Kier alpha value is -1.84. The van der Waals surface area contributed by atoms with Crippen LogP contribution in [0, 0.1) is 5.41 Å². The summed E-state index contributed by atoms with van der Waals surface area (Å²) in [7, 11) is 0. The molecule has 1 aromatic rings. The fourth-order valence-electron chi connectivity index (χ4n) is 1.78. The van der Waals surface area contributed by atoms with Gasteiger partial charge in [-0.2, -0.15) is 0 Å². The molecule has 4 nitrogen and oxygen atoms in total. The number of carbonyl (C=O) groups excluding carboxylic acids is 1. The number of hydrogen-bond acceptors (Lipinski definition) is 2. The molecule has 1 rings (SSSR count). The van der Waals surface area contributed by atoms with Crippen LogP contribution in [0.5, 0.6) is 0 Å². The minimum atomic E-state index is -0.930. The van der Waals surface area contributed by atoms with Crippen molar-refractivity contribution in [2.75, 3.05) is 6.54 Å². The standard InChI is InChI=1S/C16H23NO3/c1-12(13-7-5-4-6-8-13)9-10-14(18)17-11-16(2,3)15(19)20/h4-8,12H,9-11H2,1-3H3,(H,17,18)(H,19,20). The van der Waals surface area contributed by atoms with Crippen molar-refractivity contribution in [1.82, 2.24) is 5.32 Å². The SMILES string of the molecule is CC(CCC(=O)NCC(C)(C)C(=O)O)c1ccccc1. The van der Waals surface area contributed by atoms with Gasteiger partial charge in [0.25, 0.3) is 0 Å². The lowest BCUT2D eigenvalue weighted by atomic mass is 9.93. The molecule has 0 fully saturated rings. The number of hydrogen-bond donors (Lipinski definition) is 2. The number of carboxylic acid groups (broad SMARTS) is 1. The van der Waals surface area contributed by atoms with Crippen LogP contribution in [0.1, 0.15) is 45.1 Å². The Balaban J connectivity index is 2.35. The normalized spacial score (nSPS) is 12.8. The van der Waals surface area contributed by atoms with Crippen molar-refractivity contribution in [2.45, 2.75) is 39.5 Å². The zero-order chi connectivity index (χ0) is 15.2. The van der Waals surface area contributed by atoms with E-state index in [1.54, 1.807) is 13.8 Å². The van der Waals surface area contributed by atoms with Crippen LogP contribution in [0.4, 0.5) is 0 Å². The van der Waals surface area contributed by atoms with Crippen LogP contribution in [0.25, 0.3) is 0 Å². The predicted molar refractivity (Wildman–Crippen MR) is 78.5 cm³/mol. The van der Waals surface area contributed by atoms with Crippen molar-refractivity contribution in [2.24, 2.45) is 5.41 Å². The van der Waals surface area contributed by atoms with Gasteiger partial charge in [-0.05, 0) is 31.7 Å². The van der Waals surface area contributed by atoms with Gasteiger partial charge in [0.05, 0.1) is 5.41 Å². The molecule has 0 heterocycles. The molecule has 0 aliphatic heterocycles. The number of carboxylic acids is 1. The van der Waals surface area contributed by atoms with Gasteiger partial charge in [-0.3, -0.25) is 9.59 Å². The fourth-order valence-corrected chi connectivity index (χ4v) is 1.78. The van der Waals surface area contributed by atoms with Gasteiger partial charge in [0.2, 0.25) is 5.91 Å². The van der Waals surface area contributed by atoms with Crippen molar-refractivity contribution in [3.63, 3.8) is 0 Å². The van der Waals surface area contributed by atoms with Gasteiger partial charge in [-0.15, -0.1) is 0 Å². The first-order valence-corrected chi connectivity index (χ1v) is 6.88.